The number of aromatic amines is 1. The highest BCUT2D eigenvalue weighted by molar-refractivity contribution is 6.00. The van der Waals surface area contributed by atoms with Gasteiger partial charge in [-0.25, -0.2) is 0 Å². The van der Waals surface area contributed by atoms with Gasteiger partial charge in [-0.1, -0.05) is 18.2 Å². The van der Waals surface area contributed by atoms with E-state index in [2.05, 4.69) is 28.3 Å². The summed E-state index contributed by atoms with van der Waals surface area (Å²) in [6, 6.07) is 7.53. The van der Waals surface area contributed by atoms with Crippen molar-refractivity contribution in [1.82, 2.24) is 20.1 Å². The lowest BCUT2D eigenvalue weighted by Gasteiger charge is -2.51. The molecule has 4 heterocycles. The van der Waals surface area contributed by atoms with Gasteiger partial charge in [0.2, 0.25) is 11.8 Å². The standard InChI is InChI=1S/C23H30N4O3/c1-26-10-8-23(9-11-26)22(29)25-20(21(28)27(23)15-17-5-4-12-30-17)13-16-14-24-19-7-3-2-6-18(16)19/h2-3,6-7,14,17,20,24H,4-5,8-13,15H2,1H3,(H,25,29). The average molecular weight is 411 g/mol. The molecule has 1 aromatic heterocycles. The molecule has 30 heavy (non-hydrogen) atoms. The number of benzene rings is 1. The molecule has 0 saturated carbocycles. The quantitative estimate of drug-likeness (QED) is 0.804. The number of para-hydroxylation sites is 1. The lowest BCUT2D eigenvalue weighted by molar-refractivity contribution is -0.163. The van der Waals surface area contributed by atoms with Gasteiger partial charge in [-0.2, -0.15) is 0 Å². The molecule has 2 aromatic rings. The van der Waals surface area contributed by atoms with E-state index in [1.807, 2.05) is 29.3 Å². The first-order valence-electron chi connectivity index (χ1n) is 11.0. The first-order chi connectivity index (χ1) is 14.6. The van der Waals surface area contributed by atoms with E-state index < -0.39 is 11.6 Å². The highest BCUT2D eigenvalue weighted by Gasteiger charge is 2.53. The molecule has 3 fully saturated rings. The lowest BCUT2D eigenvalue weighted by Crippen LogP contribution is -2.73. The van der Waals surface area contributed by atoms with Crippen LogP contribution in [0.5, 0.6) is 0 Å². The summed E-state index contributed by atoms with van der Waals surface area (Å²) in [5.74, 6) is 0.0259. The fraction of sp³-hybridized carbons (Fsp3) is 0.565. The molecule has 1 spiro atoms. The molecule has 7 heteroatoms. The molecule has 3 aliphatic heterocycles. The molecule has 3 saturated heterocycles. The predicted octanol–water partition coefficient (Wildman–Crippen LogP) is 1.68. The summed E-state index contributed by atoms with van der Waals surface area (Å²) in [4.78, 5) is 34.5. The van der Waals surface area contributed by atoms with Crippen molar-refractivity contribution >= 4 is 22.7 Å². The number of hydrogen-bond acceptors (Lipinski definition) is 4. The van der Waals surface area contributed by atoms with E-state index in [0.29, 0.717) is 25.8 Å². The number of nitrogens with one attached hydrogen (secondary N) is 2. The summed E-state index contributed by atoms with van der Waals surface area (Å²) in [6.45, 7) is 2.89. The van der Waals surface area contributed by atoms with Crippen LogP contribution < -0.4 is 5.32 Å². The number of hydrogen-bond donors (Lipinski definition) is 2. The van der Waals surface area contributed by atoms with E-state index >= 15 is 0 Å². The van der Waals surface area contributed by atoms with Crippen LogP contribution >= 0.6 is 0 Å². The van der Waals surface area contributed by atoms with Crippen LogP contribution in [0, 0.1) is 0 Å². The molecule has 2 amide bonds. The van der Waals surface area contributed by atoms with Crippen molar-refractivity contribution in [3.8, 4) is 0 Å². The third kappa shape index (κ3) is 3.30. The lowest BCUT2D eigenvalue weighted by atomic mass is 9.81. The Balaban J connectivity index is 1.43. The van der Waals surface area contributed by atoms with Gasteiger partial charge in [0.1, 0.15) is 11.6 Å². The van der Waals surface area contributed by atoms with Gasteiger partial charge in [0.25, 0.3) is 0 Å². The molecular weight excluding hydrogens is 380 g/mol. The zero-order valence-corrected chi connectivity index (χ0v) is 17.5. The first-order valence-corrected chi connectivity index (χ1v) is 11.0. The van der Waals surface area contributed by atoms with E-state index in [4.69, 9.17) is 4.74 Å². The van der Waals surface area contributed by atoms with Gasteiger partial charge in [0.05, 0.1) is 6.10 Å². The Kier molecular flexibility index (Phi) is 5.03. The van der Waals surface area contributed by atoms with Gasteiger partial charge >= 0.3 is 0 Å². The highest BCUT2D eigenvalue weighted by Crippen LogP contribution is 2.34. The number of aromatic nitrogens is 1. The van der Waals surface area contributed by atoms with Crippen molar-refractivity contribution in [3.05, 3.63) is 36.0 Å². The third-order valence-electron chi connectivity index (χ3n) is 7.13. The highest BCUT2D eigenvalue weighted by atomic mass is 16.5. The minimum absolute atomic E-state index is 0.00182. The molecule has 0 bridgehead atoms. The van der Waals surface area contributed by atoms with Crippen LogP contribution in [-0.4, -0.2) is 77.6 Å². The summed E-state index contributed by atoms with van der Waals surface area (Å²) in [7, 11) is 2.07. The van der Waals surface area contributed by atoms with Crippen molar-refractivity contribution in [2.45, 2.75) is 49.8 Å². The zero-order valence-electron chi connectivity index (χ0n) is 17.5. The van der Waals surface area contributed by atoms with Crippen molar-refractivity contribution in [2.24, 2.45) is 0 Å². The van der Waals surface area contributed by atoms with Gasteiger partial charge in [-0.15, -0.1) is 0 Å². The number of likely N-dealkylation sites (tertiary alicyclic amines) is 1. The Morgan fingerprint density at radius 1 is 1.20 bits per heavy atom. The minimum atomic E-state index is -0.744. The number of nitrogens with zero attached hydrogens (tertiary/aromatic N) is 2. The molecule has 2 atom stereocenters. The Bertz CT molecular complexity index is 941. The van der Waals surface area contributed by atoms with E-state index in [9.17, 15) is 9.59 Å². The second kappa shape index (κ2) is 7.71. The molecule has 7 nitrogen and oxygen atoms in total. The Labute approximate surface area is 176 Å². The average Bonchev–Trinajstić information content (AvgIpc) is 3.41. The monoisotopic (exact) mass is 410 g/mol. The Hall–Kier alpha value is -2.38. The number of fused-ring (bicyclic) bond motifs is 1. The van der Waals surface area contributed by atoms with Crippen molar-refractivity contribution in [3.63, 3.8) is 0 Å². The number of rotatable bonds is 4. The smallest absolute Gasteiger partial charge is 0.246 e. The zero-order chi connectivity index (χ0) is 20.7. The van der Waals surface area contributed by atoms with Crippen molar-refractivity contribution in [1.29, 1.82) is 0 Å². The summed E-state index contributed by atoms with van der Waals surface area (Å²) in [6.07, 6.45) is 5.80. The molecule has 160 valence electrons. The fourth-order valence-corrected chi connectivity index (χ4v) is 5.28. The SMILES string of the molecule is CN1CCC2(CC1)C(=O)NC(Cc1c[nH]c3ccccc13)C(=O)N2CC1CCCO1. The number of carbonyl (C=O) groups excluding carboxylic acids is 2. The summed E-state index contributed by atoms with van der Waals surface area (Å²) < 4.78 is 5.85. The summed E-state index contributed by atoms with van der Waals surface area (Å²) in [5, 5.41) is 4.20. The predicted molar refractivity (Wildman–Crippen MR) is 114 cm³/mol. The topological polar surface area (TPSA) is 77.7 Å². The number of H-pyrrole nitrogens is 1. The minimum Gasteiger partial charge on any atom is -0.376 e. The van der Waals surface area contributed by atoms with Gasteiger partial charge in [0.15, 0.2) is 0 Å². The van der Waals surface area contributed by atoms with Crippen LogP contribution in [0.2, 0.25) is 0 Å². The molecular formula is C23H30N4O3. The maximum atomic E-state index is 13.7. The van der Waals surface area contributed by atoms with Crippen LogP contribution in [-0.2, 0) is 20.7 Å². The number of amides is 2. The van der Waals surface area contributed by atoms with Crippen LogP contribution in [0.1, 0.15) is 31.2 Å². The van der Waals surface area contributed by atoms with E-state index in [1.54, 1.807) is 0 Å². The third-order valence-corrected chi connectivity index (χ3v) is 7.13. The molecule has 3 aliphatic rings. The fourth-order valence-electron chi connectivity index (χ4n) is 5.28. The van der Waals surface area contributed by atoms with Crippen molar-refractivity contribution in [2.75, 3.05) is 33.3 Å². The molecule has 5 rings (SSSR count). The van der Waals surface area contributed by atoms with Gasteiger partial charge in [-0.3, -0.25) is 9.59 Å². The molecule has 0 radical (unpaired) electrons. The van der Waals surface area contributed by atoms with Crippen molar-refractivity contribution < 1.29 is 14.3 Å². The van der Waals surface area contributed by atoms with E-state index in [1.165, 1.54) is 0 Å². The van der Waals surface area contributed by atoms with E-state index in [0.717, 1.165) is 49.0 Å². The second-order valence-electron chi connectivity index (χ2n) is 9.01. The number of carbonyl (C=O) groups is 2. The first kappa shape index (κ1) is 19.6. The molecule has 2 unspecified atom stereocenters. The van der Waals surface area contributed by atoms with Crippen LogP contribution in [0.25, 0.3) is 10.9 Å². The maximum Gasteiger partial charge on any atom is 0.246 e. The molecule has 1 aromatic carbocycles. The normalized spacial score (nSPS) is 27.2. The maximum absolute atomic E-state index is 13.7. The number of piperazine rings is 1. The Morgan fingerprint density at radius 3 is 2.77 bits per heavy atom. The summed E-state index contributed by atoms with van der Waals surface area (Å²) in [5.41, 5.74) is 1.36. The van der Waals surface area contributed by atoms with E-state index in [-0.39, 0.29) is 17.9 Å². The number of ether oxygens (including phenoxy) is 1. The van der Waals surface area contributed by atoms with Gasteiger partial charge < -0.3 is 24.8 Å². The Morgan fingerprint density at radius 2 is 2.00 bits per heavy atom. The van der Waals surface area contributed by atoms with Crippen LogP contribution in [0.4, 0.5) is 0 Å². The second-order valence-corrected chi connectivity index (χ2v) is 9.01. The number of piperidine rings is 1. The molecule has 2 N–H and O–H groups in total. The van der Waals surface area contributed by atoms with Crippen LogP contribution in [0.3, 0.4) is 0 Å². The largest absolute Gasteiger partial charge is 0.376 e. The summed E-state index contributed by atoms with van der Waals surface area (Å²) >= 11 is 0. The van der Waals surface area contributed by atoms with Crippen LogP contribution in [0.15, 0.2) is 30.5 Å². The van der Waals surface area contributed by atoms with Gasteiger partial charge in [-0.05, 0) is 44.4 Å². The molecule has 0 aliphatic carbocycles. The van der Waals surface area contributed by atoms with Gasteiger partial charge in [0, 0.05) is 49.8 Å².